The first kappa shape index (κ1) is 23.9. The summed E-state index contributed by atoms with van der Waals surface area (Å²) >= 11 is 3.41. The minimum Gasteiger partial charge on any atom is -0.494 e. The van der Waals surface area contributed by atoms with Crippen LogP contribution >= 0.6 is 15.9 Å². The Morgan fingerprint density at radius 3 is 2.41 bits per heavy atom. The van der Waals surface area contributed by atoms with Crippen LogP contribution in [0.4, 0.5) is 5.95 Å². The number of aromatic nitrogens is 3. The zero-order chi connectivity index (χ0) is 24.0. The molecule has 2 aromatic carbocycles. The van der Waals surface area contributed by atoms with E-state index in [9.17, 15) is 4.79 Å². The number of carboxylic acids is 1. The minimum absolute atomic E-state index is 0.223. The highest BCUT2D eigenvalue weighted by Gasteiger charge is 2.45. The van der Waals surface area contributed by atoms with Gasteiger partial charge in [-0.2, -0.15) is 15.0 Å². The zero-order valence-corrected chi connectivity index (χ0v) is 20.5. The maximum atomic E-state index is 11.1. The number of hydrogen-bond donors (Lipinski definition) is 2. The molecule has 0 aliphatic heterocycles. The summed E-state index contributed by atoms with van der Waals surface area (Å²) < 4.78 is 11.3. The van der Waals surface area contributed by atoms with Gasteiger partial charge in [0.2, 0.25) is 5.95 Å². The molecule has 0 bridgehead atoms. The second kappa shape index (κ2) is 10.8. The van der Waals surface area contributed by atoms with Gasteiger partial charge in [0, 0.05) is 11.8 Å². The SMILES string of the molecule is CCOc1nc(Cc2ccc(C(=O)O)cc2)nc(NC2(c3ccc(OCCCBr)cc3)CC2)n1. The van der Waals surface area contributed by atoms with Crippen molar-refractivity contribution >= 4 is 27.8 Å². The van der Waals surface area contributed by atoms with Gasteiger partial charge in [-0.1, -0.05) is 40.2 Å². The van der Waals surface area contributed by atoms with Crippen LogP contribution in [0.3, 0.4) is 0 Å². The molecule has 8 nitrogen and oxygen atoms in total. The van der Waals surface area contributed by atoms with Crippen molar-refractivity contribution in [1.82, 2.24) is 15.0 Å². The molecule has 0 atom stereocenters. The number of carbonyl (C=O) groups is 1. The number of alkyl halides is 1. The molecular formula is C25H27BrN4O4. The molecule has 0 radical (unpaired) electrons. The molecular weight excluding hydrogens is 500 g/mol. The summed E-state index contributed by atoms with van der Waals surface area (Å²) in [5, 5.41) is 13.5. The molecule has 0 saturated heterocycles. The number of nitrogens with zero attached hydrogens (tertiary/aromatic N) is 3. The van der Waals surface area contributed by atoms with Crippen molar-refractivity contribution in [3.8, 4) is 11.8 Å². The number of carboxylic acid groups (broad SMARTS) is 1. The third-order valence-electron chi connectivity index (χ3n) is 5.55. The summed E-state index contributed by atoms with van der Waals surface area (Å²) in [6.07, 6.45) is 3.34. The van der Waals surface area contributed by atoms with Gasteiger partial charge in [-0.05, 0) is 61.6 Å². The van der Waals surface area contributed by atoms with Gasteiger partial charge in [-0.3, -0.25) is 0 Å². The van der Waals surface area contributed by atoms with Crippen LogP contribution in [0.25, 0.3) is 0 Å². The molecule has 9 heteroatoms. The summed E-state index contributed by atoms with van der Waals surface area (Å²) in [5.74, 6) is 0.918. The quantitative estimate of drug-likeness (QED) is 0.255. The fourth-order valence-corrected chi connectivity index (χ4v) is 3.84. The largest absolute Gasteiger partial charge is 0.494 e. The molecule has 1 aliphatic rings. The van der Waals surface area contributed by atoms with Crippen molar-refractivity contribution < 1.29 is 19.4 Å². The van der Waals surface area contributed by atoms with E-state index in [-0.39, 0.29) is 17.1 Å². The highest BCUT2D eigenvalue weighted by Crippen LogP contribution is 2.48. The lowest BCUT2D eigenvalue weighted by Crippen LogP contribution is -2.21. The first-order valence-electron chi connectivity index (χ1n) is 11.3. The van der Waals surface area contributed by atoms with Gasteiger partial charge in [-0.15, -0.1) is 0 Å². The molecule has 34 heavy (non-hydrogen) atoms. The van der Waals surface area contributed by atoms with Crippen LogP contribution < -0.4 is 14.8 Å². The summed E-state index contributed by atoms with van der Waals surface area (Å²) in [4.78, 5) is 24.6. The average Bonchev–Trinajstić information content (AvgIpc) is 3.60. The van der Waals surface area contributed by atoms with Crippen LogP contribution in [-0.2, 0) is 12.0 Å². The molecule has 1 fully saturated rings. The molecule has 1 aliphatic carbocycles. The van der Waals surface area contributed by atoms with E-state index < -0.39 is 5.97 Å². The first-order chi connectivity index (χ1) is 16.5. The van der Waals surface area contributed by atoms with Gasteiger partial charge in [0.25, 0.3) is 0 Å². The first-order valence-corrected chi connectivity index (χ1v) is 12.4. The van der Waals surface area contributed by atoms with Gasteiger partial charge >= 0.3 is 12.0 Å². The number of hydrogen-bond acceptors (Lipinski definition) is 7. The smallest absolute Gasteiger partial charge is 0.335 e. The Bertz CT molecular complexity index is 1120. The van der Waals surface area contributed by atoms with Crippen LogP contribution in [0, 0.1) is 0 Å². The van der Waals surface area contributed by atoms with Gasteiger partial charge in [0.05, 0.1) is 24.3 Å². The molecule has 3 aromatic rings. The fourth-order valence-electron chi connectivity index (χ4n) is 3.61. The van der Waals surface area contributed by atoms with Crippen molar-refractivity contribution in [2.45, 2.75) is 38.1 Å². The third kappa shape index (κ3) is 6.02. The van der Waals surface area contributed by atoms with E-state index in [0.717, 1.165) is 41.5 Å². The lowest BCUT2D eigenvalue weighted by Gasteiger charge is -2.19. The molecule has 178 valence electrons. The van der Waals surface area contributed by atoms with Gasteiger partial charge in [0.15, 0.2) is 0 Å². The maximum Gasteiger partial charge on any atom is 0.335 e. The Hall–Kier alpha value is -3.20. The Labute approximate surface area is 206 Å². The summed E-state index contributed by atoms with van der Waals surface area (Å²) in [7, 11) is 0. The van der Waals surface area contributed by atoms with Crippen LogP contribution in [0.15, 0.2) is 48.5 Å². The van der Waals surface area contributed by atoms with Crippen LogP contribution in [0.1, 0.15) is 53.5 Å². The topological polar surface area (TPSA) is 106 Å². The number of nitrogens with one attached hydrogen (secondary N) is 1. The number of benzene rings is 2. The monoisotopic (exact) mass is 526 g/mol. The molecule has 4 rings (SSSR count). The maximum absolute atomic E-state index is 11.1. The predicted molar refractivity (Wildman–Crippen MR) is 132 cm³/mol. The Morgan fingerprint density at radius 2 is 1.79 bits per heavy atom. The van der Waals surface area contributed by atoms with Crippen molar-refractivity contribution in [2.75, 3.05) is 23.9 Å². The normalized spacial score (nSPS) is 13.8. The lowest BCUT2D eigenvalue weighted by atomic mass is 10.1. The number of rotatable bonds is 12. The molecule has 0 amide bonds. The fraction of sp³-hybridized carbons (Fsp3) is 0.360. The van der Waals surface area contributed by atoms with Crippen molar-refractivity contribution in [3.63, 3.8) is 0 Å². The summed E-state index contributed by atoms with van der Waals surface area (Å²) in [6.45, 7) is 3.00. The van der Waals surface area contributed by atoms with Crippen LogP contribution in [0.5, 0.6) is 11.8 Å². The van der Waals surface area contributed by atoms with E-state index in [1.165, 1.54) is 0 Å². The Balaban J connectivity index is 1.50. The van der Waals surface area contributed by atoms with Crippen LogP contribution in [0.2, 0.25) is 0 Å². The van der Waals surface area contributed by atoms with E-state index in [2.05, 4.69) is 48.3 Å². The third-order valence-corrected chi connectivity index (χ3v) is 6.11. The number of aromatic carboxylic acids is 1. The molecule has 1 heterocycles. The van der Waals surface area contributed by atoms with E-state index in [0.29, 0.717) is 31.4 Å². The summed E-state index contributed by atoms with van der Waals surface area (Å²) in [6, 6.07) is 15.1. The Kier molecular flexibility index (Phi) is 7.62. The van der Waals surface area contributed by atoms with Crippen molar-refractivity contribution in [2.24, 2.45) is 0 Å². The number of halogens is 1. The summed E-state index contributed by atoms with van der Waals surface area (Å²) in [5.41, 5.74) is 2.08. The lowest BCUT2D eigenvalue weighted by molar-refractivity contribution is 0.0697. The molecule has 1 saturated carbocycles. The van der Waals surface area contributed by atoms with Gasteiger partial charge in [0.1, 0.15) is 11.6 Å². The van der Waals surface area contributed by atoms with Crippen LogP contribution in [-0.4, -0.2) is 44.6 Å². The highest BCUT2D eigenvalue weighted by molar-refractivity contribution is 9.09. The van der Waals surface area contributed by atoms with E-state index >= 15 is 0 Å². The average molecular weight is 527 g/mol. The molecule has 2 N–H and O–H groups in total. The zero-order valence-electron chi connectivity index (χ0n) is 19.0. The minimum atomic E-state index is -0.954. The Morgan fingerprint density at radius 1 is 1.06 bits per heavy atom. The van der Waals surface area contributed by atoms with Crippen molar-refractivity contribution in [3.05, 3.63) is 71.0 Å². The number of anilines is 1. The highest BCUT2D eigenvalue weighted by atomic mass is 79.9. The molecule has 0 unspecified atom stereocenters. The predicted octanol–water partition coefficient (Wildman–Crippen LogP) is 4.82. The van der Waals surface area contributed by atoms with E-state index in [1.807, 2.05) is 19.1 Å². The van der Waals surface area contributed by atoms with E-state index in [4.69, 9.17) is 14.6 Å². The second-order valence-electron chi connectivity index (χ2n) is 8.09. The second-order valence-corrected chi connectivity index (χ2v) is 8.89. The standard InChI is InChI=1S/C25H27BrN4O4/c1-2-33-24-28-21(16-17-4-6-18(7-5-17)22(31)32)27-23(29-24)30-25(12-13-25)19-8-10-20(11-9-19)34-15-3-14-26/h4-11H,2-3,12-16H2,1H3,(H,31,32)(H,27,28,29,30). The van der Waals surface area contributed by atoms with Crippen molar-refractivity contribution in [1.29, 1.82) is 0 Å². The molecule has 0 spiro atoms. The number of ether oxygens (including phenoxy) is 2. The van der Waals surface area contributed by atoms with Gasteiger partial charge < -0.3 is 19.9 Å². The van der Waals surface area contributed by atoms with Gasteiger partial charge in [-0.25, -0.2) is 4.79 Å². The van der Waals surface area contributed by atoms with E-state index in [1.54, 1.807) is 24.3 Å². The molecule has 1 aromatic heterocycles.